The number of amides is 3. The van der Waals surface area contributed by atoms with Crippen LogP contribution in [0.1, 0.15) is 45.0 Å². The van der Waals surface area contributed by atoms with Gasteiger partial charge in [-0.1, -0.05) is 41.9 Å². The monoisotopic (exact) mass is 541 g/mol. The van der Waals surface area contributed by atoms with Crippen molar-refractivity contribution in [1.29, 1.82) is 0 Å². The van der Waals surface area contributed by atoms with Crippen molar-refractivity contribution in [3.63, 3.8) is 0 Å². The van der Waals surface area contributed by atoms with Crippen LogP contribution in [-0.4, -0.2) is 72.9 Å². The summed E-state index contributed by atoms with van der Waals surface area (Å²) in [6.45, 7) is 7.04. The zero-order chi connectivity index (χ0) is 26.1. The van der Waals surface area contributed by atoms with Gasteiger partial charge in [-0.15, -0.1) is 0 Å². The Kier molecular flexibility index (Phi) is 11.2. The molecule has 0 bridgehead atoms. The van der Waals surface area contributed by atoms with Gasteiger partial charge in [0.05, 0.1) is 13.7 Å². The number of nitrogens with zero attached hydrogens (tertiary/aromatic N) is 1. The molecule has 1 rings (SSSR count). The second-order valence-corrected chi connectivity index (χ2v) is 9.77. The average Bonchev–Trinajstić information content (AvgIpc) is 2.73. The molecule has 0 radical (unpaired) electrons. The van der Waals surface area contributed by atoms with Gasteiger partial charge in [0.1, 0.15) is 24.7 Å². The van der Waals surface area contributed by atoms with E-state index in [1.807, 2.05) is 0 Å². The Balaban J connectivity index is 2.84. The van der Waals surface area contributed by atoms with Gasteiger partial charge in [0.2, 0.25) is 11.8 Å². The fraction of sp³-hybridized carbons (Fsp3) is 0.522. The first-order valence-electron chi connectivity index (χ1n) is 10.6. The standard InChI is InChI=1S/C23H32BrN3O7/c1-14(2)20(21(31)33-6)26-19(30)13-27(22(32)34-23(3,4)5)12-18(29)25-11-17(28)15-7-9-16(24)10-8-15/h7-10,14,20H,11-13H2,1-6H3,(H,25,29)(H,26,30)/t20-/m0/s1. The number of hydrogen-bond acceptors (Lipinski definition) is 7. The summed E-state index contributed by atoms with van der Waals surface area (Å²) in [4.78, 5) is 62.7. The summed E-state index contributed by atoms with van der Waals surface area (Å²) in [5.41, 5.74) is -0.457. The van der Waals surface area contributed by atoms with Crippen LogP contribution < -0.4 is 10.6 Å². The topological polar surface area (TPSA) is 131 Å². The van der Waals surface area contributed by atoms with Crippen molar-refractivity contribution in [2.75, 3.05) is 26.7 Å². The van der Waals surface area contributed by atoms with E-state index in [-0.39, 0.29) is 18.2 Å². The third-order valence-corrected chi connectivity index (χ3v) is 4.90. The molecule has 1 aromatic rings. The SMILES string of the molecule is COC(=O)[C@@H](NC(=O)CN(CC(=O)NCC(=O)c1ccc(Br)cc1)C(=O)OC(C)(C)C)C(C)C. The largest absolute Gasteiger partial charge is 0.467 e. The van der Waals surface area contributed by atoms with Crippen LogP contribution in [-0.2, 0) is 23.9 Å². The van der Waals surface area contributed by atoms with Crippen molar-refractivity contribution >= 4 is 45.6 Å². The van der Waals surface area contributed by atoms with Crippen molar-refractivity contribution in [2.24, 2.45) is 5.92 Å². The number of ketones is 1. The molecular weight excluding hydrogens is 510 g/mol. The first-order valence-corrected chi connectivity index (χ1v) is 11.4. The number of hydrogen-bond donors (Lipinski definition) is 2. The highest BCUT2D eigenvalue weighted by Crippen LogP contribution is 2.12. The van der Waals surface area contributed by atoms with Crippen LogP contribution in [0.25, 0.3) is 0 Å². The lowest BCUT2D eigenvalue weighted by Gasteiger charge is -2.27. The van der Waals surface area contributed by atoms with E-state index >= 15 is 0 Å². The lowest BCUT2D eigenvalue weighted by Crippen LogP contribution is -2.51. The van der Waals surface area contributed by atoms with Crippen molar-refractivity contribution < 1.29 is 33.4 Å². The fourth-order valence-electron chi connectivity index (χ4n) is 2.67. The molecule has 0 fully saturated rings. The molecule has 3 amide bonds. The highest BCUT2D eigenvalue weighted by molar-refractivity contribution is 9.10. The van der Waals surface area contributed by atoms with Crippen LogP contribution in [0.5, 0.6) is 0 Å². The molecule has 0 unspecified atom stereocenters. The summed E-state index contributed by atoms with van der Waals surface area (Å²) >= 11 is 3.28. The van der Waals surface area contributed by atoms with E-state index in [9.17, 15) is 24.0 Å². The summed E-state index contributed by atoms with van der Waals surface area (Å²) in [5, 5.41) is 4.96. The Morgan fingerprint density at radius 2 is 1.56 bits per heavy atom. The molecule has 34 heavy (non-hydrogen) atoms. The van der Waals surface area contributed by atoms with Gasteiger partial charge in [-0.05, 0) is 38.8 Å². The number of methoxy groups -OCH3 is 1. The molecule has 0 saturated heterocycles. The second-order valence-electron chi connectivity index (χ2n) is 8.86. The van der Waals surface area contributed by atoms with Crippen molar-refractivity contribution in [3.05, 3.63) is 34.3 Å². The highest BCUT2D eigenvalue weighted by atomic mass is 79.9. The van der Waals surface area contributed by atoms with E-state index in [0.29, 0.717) is 5.56 Å². The number of nitrogens with one attached hydrogen (secondary N) is 2. The van der Waals surface area contributed by atoms with Gasteiger partial charge in [0.15, 0.2) is 5.78 Å². The van der Waals surface area contributed by atoms with Crippen LogP contribution in [0.4, 0.5) is 4.79 Å². The summed E-state index contributed by atoms with van der Waals surface area (Å²) < 4.78 is 10.8. The Hall–Kier alpha value is -2.95. The fourth-order valence-corrected chi connectivity index (χ4v) is 2.94. The Morgan fingerprint density at radius 1 is 1.00 bits per heavy atom. The Morgan fingerprint density at radius 3 is 2.06 bits per heavy atom. The molecule has 188 valence electrons. The summed E-state index contributed by atoms with van der Waals surface area (Å²) in [6.07, 6.45) is -0.892. The number of benzene rings is 1. The second kappa shape index (κ2) is 13.1. The molecule has 1 aromatic carbocycles. The maximum absolute atomic E-state index is 12.6. The number of esters is 1. The van der Waals surface area contributed by atoms with Gasteiger partial charge < -0.3 is 20.1 Å². The van der Waals surface area contributed by atoms with Crippen LogP contribution >= 0.6 is 15.9 Å². The number of carbonyl (C=O) groups is 5. The van der Waals surface area contributed by atoms with Gasteiger partial charge in [-0.25, -0.2) is 9.59 Å². The smallest absolute Gasteiger partial charge is 0.411 e. The lowest BCUT2D eigenvalue weighted by atomic mass is 10.0. The van der Waals surface area contributed by atoms with Crippen LogP contribution in [0, 0.1) is 5.92 Å². The number of halogens is 1. The predicted octanol–water partition coefficient (Wildman–Crippen LogP) is 2.30. The summed E-state index contributed by atoms with van der Waals surface area (Å²) in [6, 6.07) is 5.72. The zero-order valence-electron chi connectivity index (χ0n) is 20.3. The highest BCUT2D eigenvalue weighted by Gasteiger charge is 2.29. The Labute approximate surface area is 207 Å². The van der Waals surface area contributed by atoms with Gasteiger partial charge >= 0.3 is 12.1 Å². The van der Waals surface area contributed by atoms with Crippen LogP contribution in [0.2, 0.25) is 0 Å². The first kappa shape index (κ1) is 29.1. The van der Waals surface area contributed by atoms with Crippen LogP contribution in [0.3, 0.4) is 0 Å². The number of Topliss-reactive ketones (excluding diaryl/α,β-unsaturated/α-hetero) is 1. The lowest BCUT2D eigenvalue weighted by molar-refractivity contribution is -0.146. The predicted molar refractivity (Wildman–Crippen MR) is 128 cm³/mol. The molecule has 10 nitrogen and oxygen atoms in total. The quantitative estimate of drug-likeness (QED) is 0.343. The molecule has 0 aromatic heterocycles. The maximum Gasteiger partial charge on any atom is 0.411 e. The molecule has 0 saturated carbocycles. The van der Waals surface area contributed by atoms with Crippen molar-refractivity contribution in [1.82, 2.24) is 15.5 Å². The van der Waals surface area contributed by atoms with Crippen LogP contribution in [0.15, 0.2) is 28.7 Å². The normalized spacial score (nSPS) is 11.9. The van der Waals surface area contributed by atoms with E-state index < -0.39 is 48.6 Å². The van der Waals surface area contributed by atoms with Crippen molar-refractivity contribution in [2.45, 2.75) is 46.3 Å². The van der Waals surface area contributed by atoms with Crippen molar-refractivity contribution in [3.8, 4) is 0 Å². The summed E-state index contributed by atoms with van der Waals surface area (Å²) in [5.74, 6) is -2.54. The number of rotatable bonds is 10. The van der Waals surface area contributed by atoms with E-state index in [4.69, 9.17) is 9.47 Å². The molecule has 0 aliphatic rings. The minimum Gasteiger partial charge on any atom is -0.467 e. The molecule has 0 heterocycles. The molecule has 0 aliphatic carbocycles. The van der Waals surface area contributed by atoms with Gasteiger partial charge in [-0.2, -0.15) is 0 Å². The molecule has 0 spiro atoms. The van der Waals surface area contributed by atoms with E-state index in [0.717, 1.165) is 9.37 Å². The van der Waals surface area contributed by atoms with Gasteiger partial charge in [-0.3, -0.25) is 19.3 Å². The van der Waals surface area contributed by atoms with E-state index in [2.05, 4.69) is 26.6 Å². The number of carbonyl (C=O) groups excluding carboxylic acids is 5. The zero-order valence-corrected chi connectivity index (χ0v) is 21.9. The Bertz CT molecular complexity index is 895. The third-order valence-electron chi connectivity index (χ3n) is 4.37. The summed E-state index contributed by atoms with van der Waals surface area (Å²) in [7, 11) is 1.21. The molecular formula is C23H32BrN3O7. The third kappa shape index (κ3) is 10.3. The molecule has 11 heteroatoms. The molecule has 1 atom stereocenters. The number of ether oxygens (including phenoxy) is 2. The molecule has 0 aliphatic heterocycles. The van der Waals surface area contributed by atoms with E-state index in [1.165, 1.54) is 7.11 Å². The first-order chi connectivity index (χ1) is 15.7. The maximum atomic E-state index is 12.6. The molecule has 2 N–H and O–H groups in total. The van der Waals surface area contributed by atoms with Gasteiger partial charge in [0.25, 0.3) is 0 Å². The average molecular weight is 542 g/mol. The van der Waals surface area contributed by atoms with E-state index in [1.54, 1.807) is 58.9 Å². The minimum atomic E-state index is -0.921. The minimum absolute atomic E-state index is 0.265. The van der Waals surface area contributed by atoms with Gasteiger partial charge in [0, 0.05) is 10.0 Å².